The Hall–Kier alpha value is -0.870. The van der Waals surface area contributed by atoms with Crippen molar-refractivity contribution < 1.29 is 4.74 Å². The first-order chi connectivity index (χ1) is 8.17. The SMILES string of the molecule is CCCNC(CC(C)COC)c1cnn(C)c1. The fraction of sp³-hybridized carbons (Fsp3) is 0.769. The number of nitrogens with zero attached hydrogens (tertiary/aromatic N) is 2. The van der Waals surface area contributed by atoms with Crippen LogP contribution in [0.1, 0.15) is 38.3 Å². The van der Waals surface area contributed by atoms with Crippen LogP contribution < -0.4 is 5.32 Å². The molecule has 2 unspecified atom stereocenters. The molecule has 17 heavy (non-hydrogen) atoms. The molecule has 0 aromatic carbocycles. The van der Waals surface area contributed by atoms with Crippen molar-refractivity contribution in [1.82, 2.24) is 15.1 Å². The van der Waals surface area contributed by atoms with Gasteiger partial charge in [-0.1, -0.05) is 13.8 Å². The van der Waals surface area contributed by atoms with Crippen LogP contribution in [0.5, 0.6) is 0 Å². The van der Waals surface area contributed by atoms with E-state index in [1.54, 1.807) is 7.11 Å². The average Bonchev–Trinajstić information content (AvgIpc) is 2.71. The third kappa shape index (κ3) is 4.88. The smallest absolute Gasteiger partial charge is 0.0537 e. The number of rotatable bonds is 8. The van der Waals surface area contributed by atoms with Crippen molar-refractivity contribution >= 4 is 0 Å². The summed E-state index contributed by atoms with van der Waals surface area (Å²) in [4.78, 5) is 0. The quantitative estimate of drug-likeness (QED) is 0.755. The molecular weight excluding hydrogens is 214 g/mol. The van der Waals surface area contributed by atoms with E-state index in [2.05, 4.69) is 30.5 Å². The standard InChI is InChI=1S/C13H25N3O/c1-5-6-14-13(7-11(2)10-17-4)12-8-15-16(3)9-12/h8-9,11,13-14H,5-7,10H2,1-4H3. The van der Waals surface area contributed by atoms with Crippen molar-refractivity contribution in [3.63, 3.8) is 0 Å². The van der Waals surface area contributed by atoms with Gasteiger partial charge in [0.25, 0.3) is 0 Å². The fourth-order valence-corrected chi connectivity index (χ4v) is 2.03. The molecule has 2 atom stereocenters. The minimum Gasteiger partial charge on any atom is -0.384 e. The molecule has 1 N–H and O–H groups in total. The first kappa shape index (κ1) is 14.2. The minimum atomic E-state index is 0.383. The molecule has 0 aliphatic heterocycles. The van der Waals surface area contributed by atoms with Crippen molar-refractivity contribution in [3.05, 3.63) is 18.0 Å². The fourth-order valence-electron chi connectivity index (χ4n) is 2.03. The average molecular weight is 239 g/mol. The lowest BCUT2D eigenvalue weighted by molar-refractivity contribution is 0.149. The highest BCUT2D eigenvalue weighted by Crippen LogP contribution is 2.21. The lowest BCUT2D eigenvalue weighted by Crippen LogP contribution is -2.24. The van der Waals surface area contributed by atoms with Crippen LogP contribution in [0.4, 0.5) is 0 Å². The van der Waals surface area contributed by atoms with Crippen LogP contribution in [0, 0.1) is 5.92 Å². The van der Waals surface area contributed by atoms with Crippen LogP contribution in [0.25, 0.3) is 0 Å². The maximum absolute atomic E-state index is 5.20. The predicted octanol–water partition coefficient (Wildman–Crippen LogP) is 2.13. The van der Waals surface area contributed by atoms with Gasteiger partial charge in [-0.15, -0.1) is 0 Å². The van der Waals surface area contributed by atoms with E-state index in [0.717, 1.165) is 26.0 Å². The van der Waals surface area contributed by atoms with Gasteiger partial charge in [-0.2, -0.15) is 5.10 Å². The van der Waals surface area contributed by atoms with Gasteiger partial charge in [0.15, 0.2) is 0 Å². The van der Waals surface area contributed by atoms with Crippen LogP contribution in [0.3, 0.4) is 0 Å². The molecule has 0 aliphatic carbocycles. The van der Waals surface area contributed by atoms with Gasteiger partial charge in [-0.25, -0.2) is 0 Å². The van der Waals surface area contributed by atoms with Crippen molar-refractivity contribution in [1.29, 1.82) is 0 Å². The minimum absolute atomic E-state index is 0.383. The number of aryl methyl sites for hydroxylation is 1. The maximum Gasteiger partial charge on any atom is 0.0537 e. The summed E-state index contributed by atoms with van der Waals surface area (Å²) in [5, 5.41) is 7.82. The third-order valence-corrected chi connectivity index (χ3v) is 2.86. The summed E-state index contributed by atoms with van der Waals surface area (Å²) in [5.74, 6) is 0.551. The number of hydrogen-bond acceptors (Lipinski definition) is 3. The molecule has 1 aromatic rings. The van der Waals surface area contributed by atoms with Gasteiger partial charge in [0.1, 0.15) is 0 Å². The monoisotopic (exact) mass is 239 g/mol. The number of ether oxygens (including phenoxy) is 1. The van der Waals surface area contributed by atoms with Gasteiger partial charge >= 0.3 is 0 Å². The van der Waals surface area contributed by atoms with Crippen LogP contribution in [0.2, 0.25) is 0 Å². The van der Waals surface area contributed by atoms with E-state index in [1.807, 2.05) is 17.9 Å². The number of hydrogen-bond donors (Lipinski definition) is 1. The summed E-state index contributed by atoms with van der Waals surface area (Å²) in [7, 11) is 3.72. The Morgan fingerprint density at radius 2 is 2.29 bits per heavy atom. The van der Waals surface area contributed by atoms with Crippen LogP contribution >= 0.6 is 0 Å². The van der Waals surface area contributed by atoms with Crippen molar-refractivity contribution in [2.75, 3.05) is 20.3 Å². The summed E-state index contributed by atoms with van der Waals surface area (Å²) in [6, 6.07) is 0.383. The Labute approximate surface area is 104 Å². The Balaban J connectivity index is 2.60. The van der Waals surface area contributed by atoms with Gasteiger partial charge in [-0.3, -0.25) is 4.68 Å². The molecule has 1 aromatic heterocycles. The third-order valence-electron chi connectivity index (χ3n) is 2.86. The van der Waals surface area contributed by atoms with E-state index in [1.165, 1.54) is 5.56 Å². The number of aromatic nitrogens is 2. The second-order valence-corrected chi connectivity index (χ2v) is 4.75. The highest BCUT2D eigenvalue weighted by atomic mass is 16.5. The highest BCUT2D eigenvalue weighted by molar-refractivity contribution is 5.10. The molecule has 0 amide bonds. The van der Waals surface area contributed by atoms with Gasteiger partial charge in [0.2, 0.25) is 0 Å². The number of methoxy groups -OCH3 is 1. The molecule has 4 nitrogen and oxygen atoms in total. The zero-order chi connectivity index (χ0) is 12.7. The van der Waals surface area contributed by atoms with E-state index < -0.39 is 0 Å². The Morgan fingerprint density at radius 3 is 2.82 bits per heavy atom. The van der Waals surface area contributed by atoms with E-state index in [4.69, 9.17) is 4.74 Å². The predicted molar refractivity (Wildman–Crippen MR) is 69.9 cm³/mol. The lowest BCUT2D eigenvalue weighted by Gasteiger charge is -2.20. The molecule has 0 radical (unpaired) electrons. The molecule has 0 bridgehead atoms. The molecule has 0 aliphatic rings. The van der Waals surface area contributed by atoms with E-state index >= 15 is 0 Å². The zero-order valence-electron chi connectivity index (χ0n) is 11.4. The largest absolute Gasteiger partial charge is 0.384 e. The van der Waals surface area contributed by atoms with Crippen LogP contribution in [0.15, 0.2) is 12.4 Å². The van der Waals surface area contributed by atoms with Crippen LogP contribution in [-0.2, 0) is 11.8 Å². The topological polar surface area (TPSA) is 39.1 Å². The maximum atomic E-state index is 5.20. The Morgan fingerprint density at radius 1 is 1.53 bits per heavy atom. The summed E-state index contributed by atoms with van der Waals surface area (Å²) in [6.45, 7) is 6.26. The molecule has 4 heteroatoms. The summed E-state index contributed by atoms with van der Waals surface area (Å²) < 4.78 is 7.06. The molecule has 1 rings (SSSR count). The molecule has 0 spiro atoms. The molecule has 0 saturated heterocycles. The van der Waals surface area contributed by atoms with Gasteiger partial charge in [-0.05, 0) is 25.3 Å². The van der Waals surface area contributed by atoms with Crippen LogP contribution in [-0.4, -0.2) is 30.0 Å². The summed E-state index contributed by atoms with van der Waals surface area (Å²) in [6.07, 6.45) is 6.27. The Kier molecular flexibility index (Phi) is 6.22. The second-order valence-electron chi connectivity index (χ2n) is 4.75. The zero-order valence-corrected chi connectivity index (χ0v) is 11.4. The molecule has 98 valence electrons. The highest BCUT2D eigenvalue weighted by Gasteiger charge is 2.16. The Bertz CT molecular complexity index is 311. The summed E-state index contributed by atoms with van der Waals surface area (Å²) in [5.41, 5.74) is 1.27. The molecule has 1 heterocycles. The molecule has 0 saturated carbocycles. The second kappa shape index (κ2) is 7.45. The molecular formula is C13H25N3O. The first-order valence-corrected chi connectivity index (χ1v) is 6.38. The van der Waals surface area contributed by atoms with Gasteiger partial charge < -0.3 is 10.1 Å². The number of nitrogens with one attached hydrogen (secondary N) is 1. The lowest BCUT2D eigenvalue weighted by atomic mass is 9.98. The normalized spacial score (nSPS) is 14.8. The van der Waals surface area contributed by atoms with Crippen molar-refractivity contribution in [2.45, 2.75) is 32.7 Å². The summed E-state index contributed by atoms with van der Waals surface area (Å²) >= 11 is 0. The van der Waals surface area contributed by atoms with E-state index in [9.17, 15) is 0 Å². The van der Waals surface area contributed by atoms with Crippen molar-refractivity contribution in [3.8, 4) is 0 Å². The first-order valence-electron chi connectivity index (χ1n) is 6.38. The van der Waals surface area contributed by atoms with E-state index in [-0.39, 0.29) is 0 Å². The van der Waals surface area contributed by atoms with Gasteiger partial charge in [0, 0.05) is 38.6 Å². The molecule has 0 fully saturated rings. The van der Waals surface area contributed by atoms with Crippen molar-refractivity contribution in [2.24, 2.45) is 13.0 Å². The van der Waals surface area contributed by atoms with Gasteiger partial charge in [0.05, 0.1) is 6.20 Å². The van der Waals surface area contributed by atoms with E-state index in [0.29, 0.717) is 12.0 Å².